The van der Waals surface area contributed by atoms with Crippen molar-refractivity contribution in [3.63, 3.8) is 0 Å². The van der Waals surface area contributed by atoms with E-state index in [9.17, 15) is 4.79 Å². The molecule has 0 atom stereocenters. The van der Waals surface area contributed by atoms with Crippen molar-refractivity contribution in [2.24, 2.45) is 7.05 Å². The molecule has 0 radical (unpaired) electrons. The first-order valence-corrected chi connectivity index (χ1v) is 6.99. The van der Waals surface area contributed by atoms with Gasteiger partial charge in [-0.25, -0.2) is 14.8 Å². The standard InChI is InChI=1S/C14H9ClN6O2/c1-21-12-8(5-18-21)2-7(3-9(12)15)10-4-11(17-6-16-10)13-19-14(22)23-20-13/h2-6H,1H3,(H,19,20,22). The third kappa shape index (κ3) is 2.29. The second-order valence-electron chi connectivity index (χ2n) is 4.90. The molecule has 0 bridgehead atoms. The van der Waals surface area contributed by atoms with E-state index in [0.717, 1.165) is 16.5 Å². The molecule has 1 aromatic carbocycles. The monoisotopic (exact) mass is 328 g/mol. The molecule has 0 saturated heterocycles. The zero-order valence-corrected chi connectivity index (χ0v) is 12.6. The molecular formula is C14H9ClN6O2. The predicted molar refractivity (Wildman–Crippen MR) is 82.9 cm³/mol. The third-order valence-corrected chi connectivity index (χ3v) is 3.72. The Hall–Kier alpha value is -3.00. The van der Waals surface area contributed by atoms with Gasteiger partial charge in [-0.1, -0.05) is 16.8 Å². The Kier molecular flexibility index (Phi) is 2.98. The number of H-pyrrole nitrogens is 1. The summed E-state index contributed by atoms with van der Waals surface area (Å²) in [4.78, 5) is 21.8. The minimum Gasteiger partial charge on any atom is -0.296 e. The molecule has 0 fully saturated rings. The first-order valence-electron chi connectivity index (χ1n) is 6.62. The van der Waals surface area contributed by atoms with Crippen LogP contribution in [0.4, 0.5) is 0 Å². The summed E-state index contributed by atoms with van der Waals surface area (Å²) < 4.78 is 6.21. The van der Waals surface area contributed by atoms with Crippen LogP contribution in [-0.2, 0) is 7.05 Å². The number of nitrogens with zero attached hydrogens (tertiary/aromatic N) is 5. The fourth-order valence-electron chi connectivity index (χ4n) is 2.40. The van der Waals surface area contributed by atoms with E-state index < -0.39 is 5.76 Å². The lowest BCUT2D eigenvalue weighted by Gasteiger charge is -2.05. The molecule has 0 spiro atoms. The van der Waals surface area contributed by atoms with Crippen LogP contribution in [0, 0.1) is 0 Å². The minimum absolute atomic E-state index is 0.243. The lowest BCUT2D eigenvalue weighted by molar-refractivity contribution is 0.387. The highest BCUT2D eigenvalue weighted by Gasteiger charge is 2.12. The first kappa shape index (κ1) is 13.6. The maximum Gasteiger partial charge on any atom is 0.439 e. The van der Waals surface area contributed by atoms with Gasteiger partial charge in [0.05, 0.1) is 22.4 Å². The van der Waals surface area contributed by atoms with Gasteiger partial charge >= 0.3 is 5.76 Å². The normalized spacial score (nSPS) is 11.2. The summed E-state index contributed by atoms with van der Waals surface area (Å²) in [6, 6.07) is 5.44. The molecule has 3 aromatic heterocycles. The first-order chi connectivity index (χ1) is 11.1. The molecular weight excluding hydrogens is 320 g/mol. The van der Waals surface area contributed by atoms with E-state index in [-0.39, 0.29) is 5.82 Å². The Morgan fingerprint density at radius 1 is 1.22 bits per heavy atom. The number of aromatic amines is 1. The second kappa shape index (κ2) is 5.03. The molecule has 8 nitrogen and oxygen atoms in total. The molecule has 3 heterocycles. The van der Waals surface area contributed by atoms with Crippen LogP contribution in [0.1, 0.15) is 0 Å². The molecule has 0 aliphatic rings. The van der Waals surface area contributed by atoms with Crippen molar-refractivity contribution < 1.29 is 4.52 Å². The largest absolute Gasteiger partial charge is 0.439 e. The van der Waals surface area contributed by atoms with Gasteiger partial charge in [-0.15, -0.1) is 0 Å². The molecule has 0 saturated carbocycles. The number of aryl methyl sites for hydroxylation is 1. The van der Waals surface area contributed by atoms with Crippen LogP contribution < -0.4 is 5.76 Å². The van der Waals surface area contributed by atoms with Gasteiger partial charge in [0, 0.05) is 18.0 Å². The predicted octanol–water partition coefficient (Wildman–Crippen LogP) is 2.03. The highest BCUT2D eigenvalue weighted by Crippen LogP contribution is 2.30. The number of benzene rings is 1. The Bertz CT molecular complexity index is 1080. The maximum absolute atomic E-state index is 11.1. The number of rotatable bonds is 2. The topological polar surface area (TPSA) is 102 Å². The van der Waals surface area contributed by atoms with Gasteiger partial charge in [-0.2, -0.15) is 5.10 Å². The minimum atomic E-state index is -0.639. The fourth-order valence-corrected chi connectivity index (χ4v) is 2.75. The van der Waals surface area contributed by atoms with E-state index in [1.54, 1.807) is 16.9 Å². The lowest BCUT2D eigenvalue weighted by atomic mass is 10.1. The van der Waals surface area contributed by atoms with Crippen LogP contribution in [-0.4, -0.2) is 29.9 Å². The number of hydrogen-bond donors (Lipinski definition) is 1. The summed E-state index contributed by atoms with van der Waals surface area (Å²) >= 11 is 6.34. The maximum atomic E-state index is 11.1. The van der Waals surface area contributed by atoms with Crippen molar-refractivity contribution in [1.29, 1.82) is 0 Å². The summed E-state index contributed by atoms with van der Waals surface area (Å²) in [5.74, 6) is -0.396. The van der Waals surface area contributed by atoms with Crippen molar-refractivity contribution >= 4 is 22.5 Å². The van der Waals surface area contributed by atoms with Gasteiger partial charge in [-0.05, 0) is 18.2 Å². The van der Waals surface area contributed by atoms with Gasteiger partial charge in [0.25, 0.3) is 0 Å². The van der Waals surface area contributed by atoms with Gasteiger partial charge < -0.3 is 0 Å². The SMILES string of the molecule is Cn1ncc2cc(-c3cc(-c4noc(=O)[nH]4)ncn3)cc(Cl)c21. The van der Waals surface area contributed by atoms with Crippen LogP contribution in [0.15, 0.2) is 40.0 Å². The number of halogens is 1. The highest BCUT2D eigenvalue weighted by molar-refractivity contribution is 6.35. The van der Waals surface area contributed by atoms with Crippen molar-refractivity contribution in [2.45, 2.75) is 0 Å². The Morgan fingerprint density at radius 2 is 2.04 bits per heavy atom. The molecule has 0 unspecified atom stereocenters. The van der Waals surface area contributed by atoms with E-state index in [4.69, 9.17) is 11.6 Å². The second-order valence-corrected chi connectivity index (χ2v) is 5.30. The van der Waals surface area contributed by atoms with Crippen molar-refractivity contribution in [3.8, 4) is 22.8 Å². The summed E-state index contributed by atoms with van der Waals surface area (Å²) in [5.41, 5.74) is 2.75. The van der Waals surface area contributed by atoms with Crippen molar-refractivity contribution in [1.82, 2.24) is 29.9 Å². The van der Waals surface area contributed by atoms with Gasteiger partial charge in [-0.3, -0.25) is 14.2 Å². The van der Waals surface area contributed by atoms with E-state index in [1.807, 2.05) is 19.2 Å². The van der Waals surface area contributed by atoms with E-state index in [2.05, 4.69) is 29.7 Å². The molecule has 9 heteroatoms. The Morgan fingerprint density at radius 3 is 2.83 bits per heavy atom. The third-order valence-electron chi connectivity index (χ3n) is 3.43. The molecule has 0 aliphatic carbocycles. The van der Waals surface area contributed by atoms with Crippen molar-refractivity contribution in [2.75, 3.05) is 0 Å². The summed E-state index contributed by atoms with van der Waals surface area (Å²) in [6.07, 6.45) is 3.13. The zero-order chi connectivity index (χ0) is 16.0. The van der Waals surface area contributed by atoms with Gasteiger partial charge in [0.15, 0.2) is 0 Å². The lowest BCUT2D eigenvalue weighted by Crippen LogP contribution is -1.96. The van der Waals surface area contributed by atoms with Crippen LogP contribution in [0.2, 0.25) is 5.02 Å². The Labute approximate surface area is 133 Å². The number of nitrogens with one attached hydrogen (secondary N) is 1. The average molecular weight is 329 g/mol. The Balaban J connectivity index is 1.86. The summed E-state index contributed by atoms with van der Waals surface area (Å²) in [7, 11) is 1.83. The summed E-state index contributed by atoms with van der Waals surface area (Å²) in [6.45, 7) is 0. The number of hydrogen-bond acceptors (Lipinski definition) is 6. The highest BCUT2D eigenvalue weighted by atomic mass is 35.5. The quantitative estimate of drug-likeness (QED) is 0.604. The van der Waals surface area contributed by atoms with Crippen LogP contribution in [0.3, 0.4) is 0 Å². The molecule has 1 N–H and O–H groups in total. The van der Waals surface area contributed by atoms with E-state index in [0.29, 0.717) is 16.4 Å². The molecule has 114 valence electrons. The number of fused-ring (bicyclic) bond motifs is 1. The van der Waals surface area contributed by atoms with E-state index >= 15 is 0 Å². The molecule has 23 heavy (non-hydrogen) atoms. The van der Waals surface area contributed by atoms with Crippen LogP contribution >= 0.6 is 11.6 Å². The molecule has 4 aromatic rings. The van der Waals surface area contributed by atoms with Gasteiger partial charge in [0.2, 0.25) is 5.82 Å². The van der Waals surface area contributed by atoms with Crippen LogP contribution in [0.25, 0.3) is 33.7 Å². The molecule has 0 amide bonds. The average Bonchev–Trinajstić information content (AvgIpc) is 3.14. The molecule has 0 aliphatic heterocycles. The fraction of sp³-hybridized carbons (Fsp3) is 0.0714. The number of aromatic nitrogens is 6. The molecule has 4 rings (SSSR count). The summed E-state index contributed by atoms with van der Waals surface area (Å²) in [5, 5.41) is 9.30. The smallest absolute Gasteiger partial charge is 0.296 e. The zero-order valence-electron chi connectivity index (χ0n) is 11.8. The van der Waals surface area contributed by atoms with E-state index in [1.165, 1.54) is 6.33 Å². The van der Waals surface area contributed by atoms with Gasteiger partial charge in [0.1, 0.15) is 12.0 Å². The van der Waals surface area contributed by atoms with Crippen molar-refractivity contribution in [3.05, 3.63) is 46.3 Å². The van der Waals surface area contributed by atoms with Crippen LogP contribution in [0.5, 0.6) is 0 Å².